The fourth-order valence-electron chi connectivity index (χ4n) is 3.95. The first-order valence-corrected chi connectivity index (χ1v) is 9.56. The van der Waals surface area contributed by atoms with Crippen molar-refractivity contribution < 1.29 is 14.3 Å². The van der Waals surface area contributed by atoms with Gasteiger partial charge < -0.3 is 14.4 Å². The molecule has 6 heteroatoms. The lowest BCUT2D eigenvalue weighted by atomic mass is 9.94. The molecule has 1 aromatic rings. The molecule has 25 heavy (non-hydrogen) atoms. The van der Waals surface area contributed by atoms with E-state index in [1.54, 1.807) is 7.11 Å². The maximum atomic E-state index is 12.8. The molecule has 6 nitrogen and oxygen atoms in total. The fourth-order valence-corrected chi connectivity index (χ4v) is 3.95. The van der Waals surface area contributed by atoms with E-state index < -0.39 is 0 Å². The average Bonchev–Trinajstić information content (AvgIpc) is 2.98. The number of fused-ring (bicyclic) bond motifs is 1. The van der Waals surface area contributed by atoms with Crippen LogP contribution < -0.4 is 0 Å². The minimum atomic E-state index is 0.0965. The molecule has 140 valence electrons. The number of aromatic nitrogens is 2. The van der Waals surface area contributed by atoms with Crippen LogP contribution in [0, 0.1) is 5.92 Å². The quantitative estimate of drug-likeness (QED) is 0.792. The number of ether oxygens (including phenoxy) is 2. The second kappa shape index (κ2) is 8.32. The summed E-state index contributed by atoms with van der Waals surface area (Å²) in [5.74, 6) is 0.642. The van der Waals surface area contributed by atoms with Crippen molar-refractivity contribution in [3.63, 3.8) is 0 Å². The SMILES string of the molecule is COCCn1nc(C2CCCCN2C(=O)CC(C)C)c2c1CCOC2. The molecule has 2 aliphatic heterocycles. The van der Waals surface area contributed by atoms with Crippen LogP contribution in [0.25, 0.3) is 0 Å². The molecule has 1 atom stereocenters. The van der Waals surface area contributed by atoms with Crippen molar-refractivity contribution in [3.8, 4) is 0 Å². The third-order valence-electron chi connectivity index (χ3n) is 5.16. The van der Waals surface area contributed by atoms with Crippen molar-refractivity contribution in [1.29, 1.82) is 0 Å². The topological polar surface area (TPSA) is 56.6 Å². The van der Waals surface area contributed by atoms with E-state index in [1.165, 1.54) is 11.3 Å². The van der Waals surface area contributed by atoms with Crippen molar-refractivity contribution in [3.05, 3.63) is 17.0 Å². The van der Waals surface area contributed by atoms with E-state index in [2.05, 4.69) is 23.4 Å². The molecular weight excluding hydrogens is 318 g/mol. The van der Waals surface area contributed by atoms with Crippen molar-refractivity contribution in [2.45, 2.75) is 65.1 Å². The lowest BCUT2D eigenvalue weighted by Crippen LogP contribution is -2.39. The first kappa shape index (κ1) is 18.4. The Morgan fingerprint density at radius 1 is 1.40 bits per heavy atom. The standard InChI is InChI=1S/C19H31N3O3/c1-14(2)12-18(23)21-8-5-4-6-17(21)19-15-13-25-10-7-16(15)22(20-19)9-11-24-3/h14,17H,4-13H2,1-3H3. The summed E-state index contributed by atoms with van der Waals surface area (Å²) in [6.07, 6.45) is 4.73. The lowest BCUT2D eigenvalue weighted by molar-refractivity contribution is -0.136. The van der Waals surface area contributed by atoms with E-state index in [1.807, 2.05) is 0 Å². The van der Waals surface area contributed by atoms with Crippen molar-refractivity contribution >= 4 is 5.91 Å². The van der Waals surface area contributed by atoms with Gasteiger partial charge in [-0.2, -0.15) is 5.10 Å². The van der Waals surface area contributed by atoms with Crippen molar-refractivity contribution in [2.75, 3.05) is 26.9 Å². The molecule has 1 amide bonds. The summed E-state index contributed by atoms with van der Waals surface area (Å²) in [5.41, 5.74) is 3.53. The third kappa shape index (κ3) is 4.06. The van der Waals surface area contributed by atoms with Crippen LogP contribution in [0.15, 0.2) is 0 Å². The van der Waals surface area contributed by atoms with Gasteiger partial charge >= 0.3 is 0 Å². The van der Waals surface area contributed by atoms with Crippen LogP contribution in [-0.2, 0) is 33.8 Å². The van der Waals surface area contributed by atoms with Gasteiger partial charge in [-0.15, -0.1) is 0 Å². The second-order valence-corrected chi connectivity index (χ2v) is 7.53. The number of hydrogen-bond acceptors (Lipinski definition) is 4. The summed E-state index contributed by atoms with van der Waals surface area (Å²) >= 11 is 0. The van der Waals surface area contributed by atoms with E-state index >= 15 is 0 Å². The maximum Gasteiger partial charge on any atom is 0.223 e. The van der Waals surface area contributed by atoms with Gasteiger partial charge in [0.05, 0.1) is 38.1 Å². The first-order chi connectivity index (χ1) is 12.1. The average molecular weight is 349 g/mol. The van der Waals surface area contributed by atoms with E-state index in [0.717, 1.165) is 51.1 Å². The summed E-state index contributed by atoms with van der Waals surface area (Å²) in [7, 11) is 1.72. The number of rotatable bonds is 6. The molecule has 0 N–H and O–H groups in total. The Balaban J connectivity index is 1.89. The Labute approximate surface area is 150 Å². The van der Waals surface area contributed by atoms with Crippen molar-refractivity contribution in [2.24, 2.45) is 5.92 Å². The zero-order valence-corrected chi connectivity index (χ0v) is 15.8. The number of likely N-dealkylation sites (tertiary alicyclic amines) is 1. The highest BCUT2D eigenvalue weighted by atomic mass is 16.5. The predicted molar refractivity (Wildman–Crippen MR) is 95.2 cm³/mol. The minimum absolute atomic E-state index is 0.0965. The smallest absolute Gasteiger partial charge is 0.223 e. The molecule has 0 spiro atoms. The zero-order chi connectivity index (χ0) is 17.8. The molecule has 1 aromatic heterocycles. The van der Waals surface area contributed by atoms with Gasteiger partial charge in [0.1, 0.15) is 0 Å². The Kier molecular flexibility index (Phi) is 6.12. The lowest BCUT2D eigenvalue weighted by Gasteiger charge is -2.36. The van der Waals surface area contributed by atoms with Gasteiger partial charge in [-0.3, -0.25) is 9.48 Å². The van der Waals surface area contributed by atoms with E-state index in [-0.39, 0.29) is 11.9 Å². The number of nitrogens with zero attached hydrogens (tertiary/aromatic N) is 3. The number of methoxy groups -OCH3 is 1. The second-order valence-electron chi connectivity index (χ2n) is 7.53. The minimum Gasteiger partial charge on any atom is -0.383 e. The van der Waals surface area contributed by atoms with Gasteiger partial charge in [0.25, 0.3) is 0 Å². The molecule has 0 radical (unpaired) electrons. The highest BCUT2D eigenvalue weighted by Crippen LogP contribution is 2.35. The maximum absolute atomic E-state index is 12.8. The molecule has 3 rings (SSSR count). The zero-order valence-electron chi connectivity index (χ0n) is 15.8. The number of carbonyl (C=O) groups excluding carboxylic acids is 1. The molecule has 0 aliphatic carbocycles. The Bertz CT molecular complexity index is 597. The number of amides is 1. The van der Waals surface area contributed by atoms with Crippen LogP contribution >= 0.6 is 0 Å². The Hall–Kier alpha value is -1.40. The van der Waals surface area contributed by atoms with Crippen LogP contribution in [0.1, 0.15) is 62.5 Å². The number of carbonyl (C=O) groups is 1. The van der Waals surface area contributed by atoms with Gasteiger partial charge in [-0.1, -0.05) is 13.8 Å². The normalized spacial score (nSPS) is 20.8. The molecule has 1 saturated heterocycles. The van der Waals surface area contributed by atoms with Gasteiger partial charge in [-0.25, -0.2) is 0 Å². The Morgan fingerprint density at radius 3 is 3.00 bits per heavy atom. The summed E-state index contributed by atoms with van der Waals surface area (Å²) in [4.78, 5) is 14.9. The molecule has 0 bridgehead atoms. The van der Waals surface area contributed by atoms with E-state index in [9.17, 15) is 4.79 Å². The summed E-state index contributed by atoms with van der Waals surface area (Å²) in [6.45, 7) is 7.81. The first-order valence-electron chi connectivity index (χ1n) is 9.56. The monoisotopic (exact) mass is 349 g/mol. The fraction of sp³-hybridized carbons (Fsp3) is 0.789. The molecular formula is C19H31N3O3. The molecule has 0 saturated carbocycles. The summed E-state index contributed by atoms with van der Waals surface area (Å²) in [6, 6.07) is 0.0965. The Morgan fingerprint density at radius 2 is 2.24 bits per heavy atom. The molecule has 1 unspecified atom stereocenters. The van der Waals surface area contributed by atoms with Crippen LogP contribution in [0.2, 0.25) is 0 Å². The van der Waals surface area contributed by atoms with E-state index in [0.29, 0.717) is 25.6 Å². The predicted octanol–water partition coefficient (Wildman–Crippen LogP) is 2.70. The van der Waals surface area contributed by atoms with Crippen LogP contribution in [-0.4, -0.2) is 47.5 Å². The van der Waals surface area contributed by atoms with Gasteiger partial charge in [-0.05, 0) is 25.2 Å². The molecule has 1 fully saturated rings. The largest absolute Gasteiger partial charge is 0.383 e. The number of hydrogen-bond donors (Lipinski definition) is 0. The molecule has 0 aromatic carbocycles. The van der Waals surface area contributed by atoms with Gasteiger partial charge in [0, 0.05) is 37.8 Å². The van der Waals surface area contributed by atoms with Gasteiger partial charge in [0.15, 0.2) is 0 Å². The third-order valence-corrected chi connectivity index (χ3v) is 5.16. The molecule has 2 aliphatic rings. The van der Waals surface area contributed by atoms with E-state index in [4.69, 9.17) is 14.6 Å². The highest BCUT2D eigenvalue weighted by Gasteiger charge is 2.34. The summed E-state index contributed by atoms with van der Waals surface area (Å²) in [5, 5.41) is 4.93. The number of piperidine rings is 1. The van der Waals surface area contributed by atoms with Crippen LogP contribution in [0.5, 0.6) is 0 Å². The highest BCUT2D eigenvalue weighted by molar-refractivity contribution is 5.77. The molecule has 3 heterocycles. The van der Waals surface area contributed by atoms with Gasteiger partial charge in [0.2, 0.25) is 5.91 Å². The van der Waals surface area contributed by atoms with Crippen LogP contribution in [0.4, 0.5) is 0 Å². The van der Waals surface area contributed by atoms with Crippen LogP contribution in [0.3, 0.4) is 0 Å². The van der Waals surface area contributed by atoms with Crippen molar-refractivity contribution in [1.82, 2.24) is 14.7 Å². The summed E-state index contributed by atoms with van der Waals surface area (Å²) < 4.78 is 13.0.